The first kappa shape index (κ1) is 14.5. The van der Waals surface area contributed by atoms with Gasteiger partial charge in [0.25, 0.3) is 0 Å². The molecule has 0 spiro atoms. The fraction of sp³-hybridized carbons (Fsp3) is 0.588. The molecule has 1 saturated carbocycles. The van der Waals surface area contributed by atoms with Crippen LogP contribution in [0.1, 0.15) is 50.3 Å². The minimum absolute atomic E-state index is 0.0221. The lowest BCUT2D eigenvalue weighted by Crippen LogP contribution is -2.26. The van der Waals surface area contributed by atoms with Crippen molar-refractivity contribution in [2.75, 3.05) is 11.9 Å². The van der Waals surface area contributed by atoms with Gasteiger partial charge in [-0.2, -0.15) is 0 Å². The van der Waals surface area contributed by atoms with Gasteiger partial charge in [-0.25, -0.2) is 4.39 Å². The standard InChI is InChI=1S/C17H23FN2O/c1-3-6-19-17(12-7-10(12)2)13-8-11-4-5-16(21)20-15(11)9-14(13)18/h8-10,12,17,19H,3-7H2,1-2H3,(H,20,21). The molecule has 1 amide bonds. The molecule has 1 aromatic rings. The van der Waals surface area contributed by atoms with Crippen LogP contribution in [0.3, 0.4) is 0 Å². The molecular weight excluding hydrogens is 267 g/mol. The maximum Gasteiger partial charge on any atom is 0.224 e. The Labute approximate surface area is 125 Å². The highest BCUT2D eigenvalue weighted by Crippen LogP contribution is 2.48. The van der Waals surface area contributed by atoms with E-state index in [4.69, 9.17) is 0 Å². The first-order valence-electron chi connectivity index (χ1n) is 7.95. The van der Waals surface area contributed by atoms with Crippen LogP contribution in [0.4, 0.5) is 10.1 Å². The number of fused-ring (bicyclic) bond motifs is 1. The average molecular weight is 290 g/mol. The Hall–Kier alpha value is -1.42. The third-order valence-corrected chi connectivity index (χ3v) is 4.67. The third-order valence-electron chi connectivity index (χ3n) is 4.67. The number of halogens is 1. The molecule has 2 aliphatic rings. The number of aryl methyl sites for hydroxylation is 1. The van der Waals surface area contributed by atoms with Crippen LogP contribution in [-0.2, 0) is 11.2 Å². The Morgan fingerprint density at radius 2 is 2.19 bits per heavy atom. The lowest BCUT2D eigenvalue weighted by atomic mass is 9.94. The zero-order valence-electron chi connectivity index (χ0n) is 12.7. The predicted molar refractivity (Wildman–Crippen MR) is 81.7 cm³/mol. The van der Waals surface area contributed by atoms with Gasteiger partial charge in [-0.15, -0.1) is 0 Å². The van der Waals surface area contributed by atoms with Gasteiger partial charge in [0.05, 0.1) is 0 Å². The molecule has 1 fully saturated rings. The lowest BCUT2D eigenvalue weighted by Gasteiger charge is -2.23. The van der Waals surface area contributed by atoms with Crippen LogP contribution >= 0.6 is 0 Å². The minimum Gasteiger partial charge on any atom is -0.326 e. The Balaban J connectivity index is 1.90. The summed E-state index contributed by atoms with van der Waals surface area (Å²) in [5.74, 6) is 0.964. The molecule has 3 atom stereocenters. The molecule has 0 bridgehead atoms. The number of hydrogen-bond acceptors (Lipinski definition) is 2. The van der Waals surface area contributed by atoms with Crippen LogP contribution in [0.2, 0.25) is 0 Å². The van der Waals surface area contributed by atoms with Gasteiger partial charge < -0.3 is 10.6 Å². The highest BCUT2D eigenvalue weighted by molar-refractivity contribution is 5.93. The number of carbonyl (C=O) groups is 1. The molecule has 4 heteroatoms. The van der Waals surface area contributed by atoms with Crippen LogP contribution in [0.15, 0.2) is 12.1 Å². The number of benzene rings is 1. The molecule has 1 aliphatic carbocycles. The molecule has 1 aromatic carbocycles. The highest BCUT2D eigenvalue weighted by Gasteiger charge is 2.41. The van der Waals surface area contributed by atoms with Gasteiger partial charge in [0.15, 0.2) is 0 Å². The second kappa shape index (κ2) is 5.76. The fourth-order valence-corrected chi connectivity index (χ4v) is 3.27. The second-order valence-corrected chi connectivity index (χ2v) is 6.39. The van der Waals surface area contributed by atoms with E-state index in [1.54, 1.807) is 0 Å². The first-order valence-corrected chi connectivity index (χ1v) is 7.95. The molecule has 3 rings (SSSR count). The topological polar surface area (TPSA) is 41.1 Å². The fourth-order valence-electron chi connectivity index (χ4n) is 3.27. The summed E-state index contributed by atoms with van der Waals surface area (Å²) in [6, 6.07) is 3.56. The molecule has 2 N–H and O–H groups in total. The number of amides is 1. The number of anilines is 1. The summed E-state index contributed by atoms with van der Waals surface area (Å²) in [5, 5.41) is 6.27. The largest absolute Gasteiger partial charge is 0.326 e. The van der Waals surface area contributed by atoms with E-state index in [0.717, 1.165) is 30.5 Å². The lowest BCUT2D eigenvalue weighted by molar-refractivity contribution is -0.116. The Morgan fingerprint density at radius 3 is 2.86 bits per heavy atom. The van der Waals surface area contributed by atoms with Gasteiger partial charge in [0, 0.05) is 23.7 Å². The predicted octanol–water partition coefficient (Wildman–Crippen LogP) is 3.41. The number of carbonyl (C=O) groups excluding carboxylic acids is 1. The van der Waals surface area contributed by atoms with Crippen molar-refractivity contribution in [2.24, 2.45) is 11.8 Å². The molecule has 21 heavy (non-hydrogen) atoms. The van der Waals surface area contributed by atoms with Crippen molar-refractivity contribution < 1.29 is 9.18 Å². The number of hydrogen-bond donors (Lipinski definition) is 2. The van der Waals surface area contributed by atoms with E-state index in [2.05, 4.69) is 24.5 Å². The smallest absolute Gasteiger partial charge is 0.224 e. The van der Waals surface area contributed by atoms with Crippen LogP contribution in [0.25, 0.3) is 0 Å². The van der Waals surface area contributed by atoms with E-state index in [1.807, 2.05) is 6.07 Å². The Morgan fingerprint density at radius 1 is 1.43 bits per heavy atom. The van der Waals surface area contributed by atoms with E-state index in [0.29, 0.717) is 30.4 Å². The van der Waals surface area contributed by atoms with Crippen molar-refractivity contribution in [1.29, 1.82) is 0 Å². The number of rotatable bonds is 5. The zero-order chi connectivity index (χ0) is 15.0. The Kier molecular flexibility index (Phi) is 3.98. The summed E-state index contributed by atoms with van der Waals surface area (Å²) < 4.78 is 14.5. The normalized spacial score (nSPS) is 25.2. The van der Waals surface area contributed by atoms with E-state index < -0.39 is 0 Å². The minimum atomic E-state index is -0.205. The average Bonchev–Trinajstić information content (AvgIpc) is 3.16. The monoisotopic (exact) mass is 290 g/mol. The van der Waals surface area contributed by atoms with Gasteiger partial charge in [0.1, 0.15) is 5.82 Å². The van der Waals surface area contributed by atoms with Crippen LogP contribution < -0.4 is 10.6 Å². The Bertz CT molecular complexity index is 558. The third kappa shape index (κ3) is 2.95. The summed E-state index contributed by atoms with van der Waals surface area (Å²) in [6.07, 6.45) is 3.40. The van der Waals surface area contributed by atoms with Crippen molar-refractivity contribution in [2.45, 2.75) is 45.6 Å². The summed E-state index contributed by atoms with van der Waals surface area (Å²) >= 11 is 0. The summed E-state index contributed by atoms with van der Waals surface area (Å²) in [5.41, 5.74) is 2.47. The highest BCUT2D eigenvalue weighted by atomic mass is 19.1. The van der Waals surface area contributed by atoms with Gasteiger partial charge in [-0.05, 0) is 55.3 Å². The summed E-state index contributed by atoms with van der Waals surface area (Å²) in [4.78, 5) is 11.4. The first-order chi connectivity index (χ1) is 10.1. The molecule has 114 valence electrons. The maximum absolute atomic E-state index is 14.5. The SMILES string of the molecule is CCCNC(c1cc2c(cc1F)NC(=O)CC2)C1CC1C. The molecule has 3 unspecified atom stereocenters. The molecule has 0 aromatic heterocycles. The van der Waals surface area contributed by atoms with Gasteiger partial charge in [-0.3, -0.25) is 4.79 Å². The van der Waals surface area contributed by atoms with Crippen molar-refractivity contribution >= 4 is 11.6 Å². The van der Waals surface area contributed by atoms with Crippen molar-refractivity contribution in [1.82, 2.24) is 5.32 Å². The van der Waals surface area contributed by atoms with E-state index in [-0.39, 0.29) is 17.8 Å². The molecule has 1 heterocycles. The van der Waals surface area contributed by atoms with E-state index in [9.17, 15) is 9.18 Å². The van der Waals surface area contributed by atoms with Crippen LogP contribution in [-0.4, -0.2) is 12.5 Å². The summed E-state index contributed by atoms with van der Waals surface area (Å²) in [7, 11) is 0. The molecular formula is C17H23FN2O. The van der Waals surface area contributed by atoms with Crippen molar-refractivity contribution in [3.63, 3.8) is 0 Å². The quantitative estimate of drug-likeness (QED) is 0.872. The molecule has 1 aliphatic heterocycles. The van der Waals surface area contributed by atoms with Crippen molar-refractivity contribution in [3.8, 4) is 0 Å². The van der Waals surface area contributed by atoms with E-state index in [1.165, 1.54) is 6.07 Å². The van der Waals surface area contributed by atoms with Gasteiger partial charge in [0.2, 0.25) is 5.91 Å². The van der Waals surface area contributed by atoms with E-state index >= 15 is 0 Å². The van der Waals surface area contributed by atoms with Crippen LogP contribution in [0.5, 0.6) is 0 Å². The molecule has 0 radical (unpaired) electrons. The van der Waals surface area contributed by atoms with Crippen molar-refractivity contribution in [3.05, 3.63) is 29.1 Å². The zero-order valence-corrected chi connectivity index (χ0v) is 12.7. The maximum atomic E-state index is 14.5. The number of nitrogens with one attached hydrogen (secondary N) is 2. The van der Waals surface area contributed by atoms with Crippen LogP contribution in [0, 0.1) is 17.7 Å². The van der Waals surface area contributed by atoms with Gasteiger partial charge in [-0.1, -0.05) is 13.8 Å². The molecule has 0 saturated heterocycles. The summed E-state index contributed by atoms with van der Waals surface area (Å²) in [6.45, 7) is 5.25. The molecule has 3 nitrogen and oxygen atoms in total. The van der Waals surface area contributed by atoms with Gasteiger partial charge >= 0.3 is 0 Å². The second-order valence-electron chi connectivity index (χ2n) is 6.39.